The van der Waals surface area contributed by atoms with Crippen LogP contribution in [0.15, 0.2) is 51.8 Å². The Morgan fingerprint density at radius 3 is 2.29 bits per heavy atom. The van der Waals surface area contributed by atoms with Crippen LogP contribution in [0.1, 0.15) is 10.4 Å². The molecule has 0 unspecified atom stereocenters. The SMILES string of the molecule is NS(=O)(=O)c1ccc(NC(=O)c2ccc(Br)cc2Cl)cc1. The highest BCUT2D eigenvalue weighted by atomic mass is 79.9. The maximum atomic E-state index is 12.1. The summed E-state index contributed by atoms with van der Waals surface area (Å²) in [4.78, 5) is 12.0. The van der Waals surface area contributed by atoms with Gasteiger partial charge in [0.25, 0.3) is 5.91 Å². The molecule has 0 saturated heterocycles. The summed E-state index contributed by atoms with van der Waals surface area (Å²) in [5, 5.41) is 7.93. The number of nitrogens with one attached hydrogen (secondary N) is 1. The summed E-state index contributed by atoms with van der Waals surface area (Å²) in [6.45, 7) is 0. The Hall–Kier alpha value is -1.41. The van der Waals surface area contributed by atoms with Crippen molar-refractivity contribution in [2.45, 2.75) is 4.90 Å². The molecule has 5 nitrogen and oxygen atoms in total. The first-order valence-electron chi connectivity index (χ1n) is 5.66. The van der Waals surface area contributed by atoms with Crippen LogP contribution in [-0.4, -0.2) is 14.3 Å². The number of hydrogen-bond donors (Lipinski definition) is 2. The zero-order chi connectivity index (χ0) is 15.6. The van der Waals surface area contributed by atoms with Crippen LogP contribution in [0.5, 0.6) is 0 Å². The highest BCUT2D eigenvalue weighted by Crippen LogP contribution is 2.22. The van der Waals surface area contributed by atoms with Crippen molar-refractivity contribution in [2.24, 2.45) is 5.14 Å². The normalized spacial score (nSPS) is 11.2. The molecular weight excluding hydrogens is 380 g/mol. The molecule has 2 aromatic carbocycles. The van der Waals surface area contributed by atoms with Gasteiger partial charge in [-0.05, 0) is 42.5 Å². The van der Waals surface area contributed by atoms with Crippen LogP contribution in [0.25, 0.3) is 0 Å². The molecule has 21 heavy (non-hydrogen) atoms. The minimum atomic E-state index is -3.75. The summed E-state index contributed by atoms with van der Waals surface area (Å²) in [5.41, 5.74) is 0.752. The van der Waals surface area contributed by atoms with Crippen LogP contribution >= 0.6 is 27.5 Å². The Kier molecular flexibility index (Phi) is 4.67. The molecule has 0 aliphatic carbocycles. The molecule has 0 heterocycles. The van der Waals surface area contributed by atoms with Crippen molar-refractivity contribution in [3.8, 4) is 0 Å². The molecule has 0 saturated carbocycles. The molecule has 0 fully saturated rings. The summed E-state index contributed by atoms with van der Waals surface area (Å²) >= 11 is 9.24. The van der Waals surface area contributed by atoms with Crippen molar-refractivity contribution in [1.82, 2.24) is 0 Å². The van der Waals surface area contributed by atoms with Crippen LogP contribution in [-0.2, 0) is 10.0 Å². The first-order chi connectivity index (χ1) is 9.77. The third-order valence-electron chi connectivity index (χ3n) is 2.62. The number of carbonyl (C=O) groups excluding carboxylic acids is 1. The van der Waals surface area contributed by atoms with Gasteiger partial charge in [-0.1, -0.05) is 27.5 Å². The number of rotatable bonds is 3. The average molecular weight is 390 g/mol. The number of hydrogen-bond acceptors (Lipinski definition) is 3. The van der Waals surface area contributed by atoms with Crippen LogP contribution in [0.3, 0.4) is 0 Å². The van der Waals surface area contributed by atoms with E-state index in [0.717, 1.165) is 4.47 Å². The predicted octanol–water partition coefficient (Wildman–Crippen LogP) is 3.00. The molecule has 0 aromatic heterocycles. The standard InChI is InChI=1S/C13H10BrClN2O3S/c14-8-1-6-11(12(15)7-8)13(18)17-9-2-4-10(5-3-9)21(16,19)20/h1-7H,(H,17,18)(H2,16,19,20). The molecule has 2 aromatic rings. The van der Waals surface area contributed by atoms with E-state index >= 15 is 0 Å². The van der Waals surface area contributed by atoms with E-state index in [9.17, 15) is 13.2 Å². The molecule has 0 aliphatic heterocycles. The fraction of sp³-hybridized carbons (Fsp3) is 0. The van der Waals surface area contributed by atoms with Crippen LogP contribution < -0.4 is 10.5 Å². The highest BCUT2D eigenvalue weighted by Gasteiger charge is 2.12. The second-order valence-corrected chi connectivity index (χ2v) is 7.03. The van der Waals surface area contributed by atoms with Gasteiger partial charge < -0.3 is 5.32 Å². The largest absolute Gasteiger partial charge is 0.322 e. The van der Waals surface area contributed by atoms with Crippen LogP contribution in [0.2, 0.25) is 5.02 Å². The summed E-state index contributed by atoms with van der Waals surface area (Å²) in [7, 11) is -3.75. The zero-order valence-electron chi connectivity index (χ0n) is 10.5. The minimum Gasteiger partial charge on any atom is -0.322 e. The van der Waals surface area contributed by atoms with E-state index < -0.39 is 15.9 Å². The van der Waals surface area contributed by atoms with Crippen molar-refractivity contribution >= 4 is 49.1 Å². The number of nitrogens with two attached hydrogens (primary N) is 1. The maximum absolute atomic E-state index is 12.1. The molecule has 0 atom stereocenters. The summed E-state index contributed by atoms with van der Waals surface area (Å²) in [6, 6.07) is 10.4. The van der Waals surface area contributed by atoms with Gasteiger partial charge in [0, 0.05) is 10.2 Å². The van der Waals surface area contributed by atoms with Crippen molar-refractivity contribution in [3.63, 3.8) is 0 Å². The van der Waals surface area contributed by atoms with Gasteiger partial charge in [0.1, 0.15) is 0 Å². The maximum Gasteiger partial charge on any atom is 0.257 e. The number of amides is 1. The molecule has 0 spiro atoms. The lowest BCUT2D eigenvalue weighted by Gasteiger charge is -2.07. The van der Waals surface area contributed by atoms with E-state index in [2.05, 4.69) is 21.2 Å². The molecule has 110 valence electrons. The van der Waals surface area contributed by atoms with E-state index in [-0.39, 0.29) is 4.90 Å². The number of anilines is 1. The Morgan fingerprint density at radius 2 is 1.76 bits per heavy atom. The molecule has 0 bridgehead atoms. The van der Waals surface area contributed by atoms with Gasteiger partial charge in [-0.25, -0.2) is 13.6 Å². The van der Waals surface area contributed by atoms with Crippen LogP contribution in [0, 0.1) is 0 Å². The van der Waals surface area contributed by atoms with Gasteiger partial charge in [0.05, 0.1) is 15.5 Å². The van der Waals surface area contributed by atoms with Gasteiger partial charge in [-0.15, -0.1) is 0 Å². The van der Waals surface area contributed by atoms with E-state index in [4.69, 9.17) is 16.7 Å². The van der Waals surface area contributed by atoms with Crippen molar-refractivity contribution in [1.29, 1.82) is 0 Å². The number of benzene rings is 2. The first kappa shape index (κ1) is 16.0. The number of sulfonamides is 1. The van der Waals surface area contributed by atoms with Crippen molar-refractivity contribution in [3.05, 3.63) is 57.5 Å². The average Bonchev–Trinajstić information content (AvgIpc) is 2.38. The molecule has 0 radical (unpaired) electrons. The second kappa shape index (κ2) is 6.15. The highest BCUT2D eigenvalue weighted by molar-refractivity contribution is 9.10. The third kappa shape index (κ3) is 4.04. The second-order valence-electron chi connectivity index (χ2n) is 4.15. The smallest absolute Gasteiger partial charge is 0.257 e. The molecule has 2 rings (SSSR count). The number of halogens is 2. The minimum absolute atomic E-state index is 0.0258. The lowest BCUT2D eigenvalue weighted by atomic mass is 10.2. The van der Waals surface area contributed by atoms with Crippen molar-refractivity contribution < 1.29 is 13.2 Å². The quantitative estimate of drug-likeness (QED) is 0.845. The lowest BCUT2D eigenvalue weighted by molar-refractivity contribution is 0.102. The molecule has 0 aliphatic rings. The predicted molar refractivity (Wildman–Crippen MR) is 84.9 cm³/mol. The zero-order valence-corrected chi connectivity index (χ0v) is 13.7. The van der Waals surface area contributed by atoms with E-state index in [0.29, 0.717) is 16.3 Å². The van der Waals surface area contributed by atoms with Gasteiger partial charge in [0.15, 0.2) is 0 Å². The lowest BCUT2D eigenvalue weighted by Crippen LogP contribution is -2.14. The summed E-state index contributed by atoms with van der Waals surface area (Å²) in [5.74, 6) is -0.393. The van der Waals surface area contributed by atoms with E-state index in [1.807, 2.05) is 0 Å². The van der Waals surface area contributed by atoms with Gasteiger partial charge >= 0.3 is 0 Å². The fourth-order valence-electron chi connectivity index (χ4n) is 1.60. The molecular formula is C13H10BrClN2O3S. The van der Waals surface area contributed by atoms with E-state index in [1.165, 1.54) is 24.3 Å². The van der Waals surface area contributed by atoms with Gasteiger partial charge in [-0.2, -0.15) is 0 Å². The Labute approximate surface area is 135 Å². The molecule has 3 N–H and O–H groups in total. The number of carbonyl (C=O) groups is 1. The molecule has 8 heteroatoms. The first-order valence-corrected chi connectivity index (χ1v) is 8.38. The van der Waals surface area contributed by atoms with Crippen LogP contribution in [0.4, 0.5) is 5.69 Å². The van der Waals surface area contributed by atoms with Gasteiger partial charge in [0.2, 0.25) is 10.0 Å². The van der Waals surface area contributed by atoms with E-state index in [1.54, 1.807) is 18.2 Å². The summed E-state index contributed by atoms with van der Waals surface area (Å²) < 4.78 is 23.0. The summed E-state index contributed by atoms with van der Waals surface area (Å²) in [6.07, 6.45) is 0. The molecule has 1 amide bonds. The Bertz CT molecular complexity index is 792. The Balaban J connectivity index is 2.20. The van der Waals surface area contributed by atoms with Crippen molar-refractivity contribution in [2.75, 3.05) is 5.32 Å². The number of primary sulfonamides is 1. The van der Waals surface area contributed by atoms with Gasteiger partial charge in [-0.3, -0.25) is 4.79 Å². The third-order valence-corrected chi connectivity index (χ3v) is 4.35. The fourth-order valence-corrected chi connectivity index (χ4v) is 2.87. The monoisotopic (exact) mass is 388 g/mol. The Morgan fingerprint density at radius 1 is 1.14 bits per heavy atom. The topological polar surface area (TPSA) is 89.3 Å².